The maximum Gasteiger partial charge on any atom is 0.258 e. The summed E-state index contributed by atoms with van der Waals surface area (Å²) in [4.78, 5) is 21.5. The van der Waals surface area contributed by atoms with E-state index in [0.29, 0.717) is 17.0 Å². The lowest BCUT2D eigenvalue weighted by Crippen LogP contribution is -2.14. The number of carbonyl (C=O) groups is 1. The number of rotatable bonds is 4. The first kappa shape index (κ1) is 19.7. The van der Waals surface area contributed by atoms with Crippen LogP contribution in [0.25, 0.3) is 21.9 Å². The van der Waals surface area contributed by atoms with Gasteiger partial charge in [-0.2, -0.15) is 15.2 Å². The number of nitrogens with one attached hydrogen (secondary N) is 3. The molecule has 0 saturated carbocycles. The van der Waals surface area contributed by atoms with Crippen LogP contribution in [0.4, 0.5) is 17.5 Å². The van der Waals surface area contributed by atoms with Crippen molar-refractivity contribution in [2.24, 2.45) is 7.05 Å². The van der Waals surface area contributed by atoms with Gasteiger partial charge in [0.25, 0.3) is 5.91 Å². The smallest absolute Gasteiger partial charge is 0.258 e. The van der Waals surface area contributed by atoms with Gasteiger partial charge in [-0.1, -0.05) is 12.1 Å². The normalized spacial score (nSPS) is 11.2. The highest BCUT2D eigenvalue weighted by Crippen LogP contribution is 2.31. The maximum absolute atomic E-state index is 12.6. The second-order valence-electron chi connectivity index (χ2n) is 7.87. The van der Waals surface area contributed by atoms with Crippen LogP contribution in [0.2, 0.25) is 0 Å². The molecule has 5 aromatic rings. The van der Waals surface area contributed by atoms with E-state index in [2.05, 4.69) is 35.9 Å². The molecule has 0 unspecified atom stereocenters. The Morgan fingerprint density at radius 1 is 1.00 bits per heavy atom. The molecule has 2 aromatic carbocycles. The molecule has 32 heavy (non-hydrogen) atoms. The van der Waals surface area contributed by atoms with Crippen molar-refractivity contribution in [1.29, 1.82) is 0 Å². The van der Waals surface area contributed by atoms with Crippen molar-refractivity contribution in [2.75, 3.05) is 10.6 Å². The van der Waals surface area contributed by atoms with Crippen LogP contribution in [0, 0.1) is 20.8 Å². The van der Waals surface area contributed by atoms with E-state index in [-0.39, 0.29) is 11.9 Å². The Balaban J connectivity index is 1.46. The Bertz CT molecular complexity index is 1500. The van der Waals surface area contributed by atoms with Crippen molar-refractivity contribution >= 4 is 45.3 Å². The molecule has 3 aromatic heterocycles. The molecule has 0 aliphatic heterocycles. The van der Waals surface area contributed by atoms with Gasteiger partial charge in [0.15, 0.2) is 11.5 Å². The van der Waals surface area contributed by atoms with E-state index in [1.54, 1.807) is 30.2 Å². The van der Waals surface area contributed by atoms with Gasteiger partial charge in [-0.05, 0) is 55.7 Å². The number of carbonyl (C=O) groups excluding carboxylic acids is 1. The number of aromatic nitrogens is 6. The van der Waals surface area contributed by atoms with Crippen LogP contribution < -0.4 is 10.6 Å². The number of aromatic amines is 1. The Labute approximate surface area is 183 Å². The number of hydrogen-bond donors (Lipinski definition) is 3. The SMILES string of the molecule is Cc1ccc(C(=O)Nc2ncc3c(Nc4c(C)ccc5[nH]ncc45)nn(C)c3n2)cc1C. The molecular formula is C23H22N8O. The maximum atomic E-state index is 12.6. The number of fused-ring (bicyclic) bond motifs is 2. The van der Waals surface area contributed by atoms with Crippen molar-refractivity contribution in [3.05, 3.63) is 65.0 Å². The minimum Gasteiger partial charge on any atom is -0.337 e. The Morgan fingerprint density at radius 2 is 1.81 bits per heavy atom. The minimum absolute atomic E-state index is 0.225. The molecule has 0 bridgehead atoms. The summed E-state index contributed by atoms with van der Waals surface area (Å²) in [5.41, 5.74) is 6.28. The van der Waals surface area contributed by atoms with Crippen LogP contribution in [-0.2, 0) is 7.05 Å². The lowest BCUT2D eigenvalue weighted by Gasteiger charge is -2.09. The van der Waals surface area contributed by atoms with E-state index in [1.807, 2.05) is 45.0 Å². The van der Waals surface area contributed by atoms with E-state index in [4.69, 9.17) is 0 Å². The third-order valence-electron chi connectivity index (χ3n) is 5.65. The second kappa shape index (κ2) is 7.45. The van der Waals surface area contributed by atoms with Crippen LogP contribution in [0.15, 0.2) is 42.7 Å². The molecule has 0 aliphatic carbocycles. The first-order valence-electron chi connectivity index (χ1n) is 10.2. The molecule has 5 rings (SSSR count). The van der Waals surface area contributed by atoms with E-state index < -0.39 is 0 Å². The second-order valence-corrected chi connectivity index (χ2v) is 7.87. The van der Waals surface area contributed by atoms with Gasteiger partial charge in [-0.3, -0.25) is 15.2 Å². The number of hydrogen-bond acceptors (Lipinski definition) is 6. The van der Waals surface area contributed by atoms with E-state index >= 15 is 0 Å². The molecular weight excluding hydrogens is 404 g/mol. The van der Waals surface area contributed by atoms with Crippen LogP contribution in [-0.4, -0.2) is 35.9 Å². The minimum atomic E-state index is -0.254. The highest BCUT2D eigenvalue weighted by molar-refractivity contribution is 6.04. The number of aryl methyl sites for hydroxylation is 4. The molecule has 3 heterocycles. The van der Waals surface area contributed by atoms with Crippen LogP contribution >= 0.6 is 0 Å². The fourth-order valence-electron chi connectivity index (χ4n) is 3.66. The largest absolute Gasteiger partial charge is 0.337 e. The lowest BCUT2D eigenvalue weighted by atomic mass is 10.1. The van der Waals surface area contributed by atoms with E-state index in [1.165, 1.54) is 0 Å². The number of benzene rings is 2. The predicted molar refractivity (Wildman–Crippen MR) is 124 cm³/mol. The van der Waals surface area contributed by atoms with Crippen LogP contribution in [0.1, 0.15) is 27.0 Å². The third kappa shape index (κ3) is 3.33. The Kier molecular flexibility index (Phi) is 4.58. The van der Waals surface area contributed by atoms with E-state index in [0.717, 1.165) is 38.7 Å². The fourth-order valence-corrected chi connectivity index (χ4v) is 3.66. The number of amides is 1. The van der Waals surface area contributed by atoms with Gasteiger partial charge in [-0.15, -0.1) is 0 Å². The summed E-state index contributed by atoms with van der Waals surface area (Å²) in [6.07, 6.45) is 3.45. The molecule has 9 nitrogen and oxygen atoms in total. The van der Waals surface area contributed by atoms with Gasteiger partial charge in [-0.25, -0.2) is 9.67 Å². The zero-order valence-electron chi connectivity index (χ0n) is 18.2. The van der Waals surface area contributed by atoms with Crippen LogP contribution in [0.5, 0.6) is 0 Å². The van der Waals surface area contributed by atoms with Crippen LogP contribution in [0.3, 0.4) is 0 Å². The quantitative estimate of drug-likeness (QED) is 0.398. The summed E-state index contributed by atoms with van der Waals surface area (Å²) in [7, 11) is 1.81. The van der Waals surface area contributed by atoms with Gasteiger partial charge < -0.3 is 5.32 Å². The zero-order valence-corrected chi connectivity index (χ0v) is 18.2. The molecule has 0 atom stereocenters. The summed E-state index contributed by atoms with van der Waals surface area (Å²) >= 11 is 0. The van der Waals surface area contributed by atoms with Crippen molar-refractivity contribution < 1.29 is 4.79 Å². The van der Waals surface area contributed by atoms with E-state index in [9.17, 15) is 4.79 Å². The summed E-state index contributed by atoms with van der Waals surface area (Å²) < 4.78 is 1.66. The number of H-pyrrole nitrogens is 1. The summed E-state index contributed by atoms with van der Waals surface area (Å²) in [5.74, 6) is 0.602. The first-order chi connectivity index (χ1) is 15.4. The predicted octanol–water partition coefficient (Wildman–Crippen LogP) is 4.16. The summed E-state index contributed by atoms with van der Waals surface area (Å²) in [5, 5.41) is 19.6. The fraction of sp³-hybridized carbons (Fsp3) is 0.174. The third-order valence-corrected chi connectivity index (χ3v) is 5.65. The molecule has 160 valence electrons. The molecule has 0 spiro atoms. The Morgan fingerprint density at radius 3 is 2.62 bits per heavy atom. The zero-order chi connectivity index (χ0) is 22.4. The molecule has 0 fully saturated rings. The standard InChI is InChI=1S/C23H22N8O/c1-12-5-7-15(9-14(12)3)22(32)28-23-24-10-17-20(30-31(4)21(17)27-23)26-19-13(2)6-8-18-16(19)11-25-29-18/h5-11H,1-4H3,(H,25,29)(H,26,30)(H,24,27,28,32). The average Bonchev–Trinajstić information content (AvgIpc) is 3.37. The van der Waals surface area contributed by atoms with Gasteiger partial charge in [0.2, 0.25) is 5.95 Å². The summed E-state index contributed by atoms with van der Waals surface area (Å²) in [6.45, 7) is 6.01. The van der Waals surface area contributed by atoms with Gasteiger partial charge in [0.1, 0.15) is 0 Å². The molecule has 0 saturated heterocycles. The average molecular weight is 426 g/mol. The molecule has 9 heteroatoms. The molecule has 0 radical (unpaired) electrons. The molecule has 0 aliphatic rings. The Hall–Kier alpha value is -4.27. The van der Waals surface area contributed by atoms with Gasteiger partial charge in [0, 0.05) is 24.2 Å². The number of anilines is 3. The van der Waals surface area contributed by atoms with Crippen molar-refractivity contribution in [3.63, 3.8) is 0 Å². The van der Waals surface area contributed by atoms with Crippen molar-refractivity contribution in [3.8, 4) is 0 Å². The highest BCUT2D eigenvalue weighted by atomic mass is 16.1. The molecule has 1 amide bonds. The topological polar surface area (TPSA) is 113 Å². The lowest BCUT2D eigenvalue weighted by molar-refractivity contribution is 0.102. The van der Waals surface area contributed by atoms with Gasteiger partial charge >= 0.3 is 0 Å². The molecule has 3 N–H and O–H groups in total. The van der Waals surface area contributed by atoms with Crippen molar-refractivity contribution in [2.45, 2.75) is 20.8 Å². The highest BCUT2D eigenvalue weighted by Gasteiger charge is 2.16. The summed E-state index contributed by atoms with van der Waals surface area (Å²) in [6, 6.07) is 9.59. The monoisotopic (exact) mass is 426 g/mol. The van der Waals surface area contributed by atoms with Gasteiger partial charge in [0.05, 0.1) is 22.8 Å². The first-order valence-corrected chi connectivity index (χ1v) is 10.2. The van der Waals surface area contributed by atoms with Crippen molar-refractivity contribution in [1.82, 2.24) is 29.9 Å². The number of nitrogens with zero attached hydrogens (tertiary/aromatic N) is 5.